The molecule has 1 aliphatic carbocycles. The molecule has 3 aromatic heterocycles. The van der Waals surface area contributed by atoms with Gasteiger partial charge in [0, 0.05) is 55.5 Å². The predicted molar refractivity (Wildman–Crippen MR) is 140 cm³/mol. The predicted octanol–water partition coefficient (Wildman–Crippen LogP) is 5.20. The second-order valence-corrected chi connectivity index (χ2v) is 9.21. The molecular formula is C28H27FN6O2. The number of aryl methyl sites for hydroxylation is 1. The fourth-order valence-corrected chi connectivity index (χ4v) is 4.91. The first-order chi connectivity index (χ1) is 18.1. The van der Waals surface area contributed by atoms with Crippen LogP contribution in [0.1, 0.15) is 12.8 Å². The molecule has 0 aliphatic heterocycles. The van der Waals surface area contributed by atoms with E-state index in [1.165, 1.54) is 7.11 Å². The van der Waals surface area contributed by atoms with E-state index < -0.39 is 5.82 Å². The second kappa shape index (κ2) is 9.33. The van der Waals surface area contributed by atoms with E-state index in [2.05, 4.69) is 10.3 Å². The Morgan fingerprint density at radius 3 is 2.54 bits per heavy atom. The van der Waals surface area contributed by atoms with Gasteiger partial charge in [-0.3, -0.25) is 0 Å². The molecule has 0 unspecified atom stereocenters. The average molecular weight is 499 g/mol. The summed E-state index contributed by atoms with van der Waals surface area (Å²) in [4.78, 5) is 9.40. The Morgan fingerprint density at radius 2 is 1.84 bits per heavy atom. The minimum atomic E-state index is -0.424. The van der Waals surface area contributed by atoms with Gasteiger partial charge in [0.2, 0.25) is 5.82 Å². The molecule has 1 N–H and O–H groups in total. The van der Waals surface area contributed by atoms with E-state index in [1.807, 2.05) is 54.3 Å². The van der Waals surface area contributed by atoms with Crippen molar-refractivity contribution in [2.45, 2.75) is 25.0 Å². The summed E-state index contributed by atoms with van der Waals surface area (Å²) in [6, 6.07) is 15.3. The maximum Gasteiger partial charge on any atom is 0.218 e. The number of imidazole rings is 1. The first kappa shape index (κ1) is 23.2. The number of nitrogens with zero attached hydrogens (tertiary/aromatic N) is 5. The normalized spacial score (nSPS) is 17.1. The standard InChI is InChI=1S/C28H27FN6O2/c1-34-13-12-30-28(34)27-32-26(31-18-14-19(15-18)36-2)25-23(17-8-5-4-6-9-17)21(16-35(25)33-27)20-10-7-11-22(37-3)24(20)29/h4-13,16,18-19H,14-15H2,1-3H3,(H,31,32,33)/t18-,19-. The van der Waals surface area contributed by atoms with E-state index in [9.17, 15) is 0 Å². The summed E-state index contributed by atoms with van der Waals surface area (Å²) >= 11 is 0. The molecule has 6 rings (SSSR count). The first-order valence-corrected chi connectivity index (χ1v) is 12.2. The van der Waals surface area contributed by atoms with Gasteiger partial charge in [0.1, 0.15) is 5.52 Å². The van der Waals surface area contributed by atoms with Gasteiger partial charge in [-0.2, -0.15) is 0 Å². The molecule has 8 nitrogen and oxygen atoms in total. The summed E-state index contributed by atoms with van der Waals surface area (Å²) in [5, 5.41) is 8.44. The highest BCUT2D eigenvalue weighted by Crippen LogP contribution is 2.42. The van der Waals surface area contributed by atoms with Gasteiger partial charge >= 0.3 is 0 Å². The molecule has 5 aromatic rings. The summed E-state index contributed by atoms with van der Waals surface area (Å²) in [6.07, 6.45) is 7.41. The van der Waals surface area contributed by atoms with Crippen LogP contribution in [0.25, 0.3) is 39.4 Å². The molecule has 0 radical (unpaired) electrons. The zero-order chi connectivity index (χ0) is 25.5. The molecule has 9 heteroatoms. The Hall–Kier alpha value is -4.24. The van der Waals surface area contributed by atoms with Crippen molar-refractivity contribution in [2.75, 3.05) is 19.5 Å². The van der Waals surface area contributed by atoms with Crippen LogP contribution in [0, 0.1) is 5.82 Å². The summed E-state index contributed by atoms with van der Waals surface area (Å²) in [7, 11) is 5.10. The van der Waals surface area contributed by atoms with Gasteiger partial charge < -0.3 is 19.4 Å². The number of fused-ring (bicyclic) bond motifs is 1. The Labute approximate surface area is 213 Å². The molecule has 0 atom stereocenters. The van der Waals surface area contributed by atoms with E-state index in [0.717, 1.165) is 29.5 Å². The number of nitrogens with one attached hydrogen (secondary N) is 1. The largest absolute Gasteiger partial charge is 0.494 e. The summed E-state index contributed by atoms with van der Waals surface area (Å²) in [6.45, 7) is 0. The Bertz CT molecular complexity index is 1570. The molecule has 0 spiro atoms. The maximum absolute atomic E-state index is 15.6. The smallest absolute Gasteiger partial charge is 0.218 e. The van der Waals surface area contributed by atoms with Gasteiger partial charge in [0.15, 0.2) is 23.2 Å². The summed E-state index contributed by atoms with van der Waals surface area (Å²) in [5.74, 6) is 1.53. The fourth-order valence-electron chi connectivity index (χ4n) is 4.91. The number of aromatic nitrogens is 5. The number of benzene rings is 2. The third-order valence-electron chi connectivity index (χ3n) is 6.96. The fraction of sp³-hybridized carbons (Fsp3) is 0.250. The number of ether oxygens (including phenoxy) is 2. The van der Waals surface area contributed by atoms with Crippen molar-refractivity contribution in [1.29, 1.82) is 0 Å². The Morgan fingerprint density at radius 1 is 1.03 bits per heavy atom. The number of anilines is 1. The highest BCUT2D eigenvalue weighted by molar-refractivity contribution is 5.99. The van der Waals surface area contributed by atoms with Crippen LogP contribution in [-0.2, 0) is 11.8 Å². The molecule has 37 heavy (non-hydrogen) atoms. The minimum absolute atomic E-state index is 0.185. The molecule has 3 heterocycles. The van der Waals surface area contributed by atoms with E-state index in [1.54, 1.807) is 36.0 Å². The van der Waals surface area contributed by atoms with E-state index in [4.69, 9.17) is 19.6 Å². The van der Waals surface area contributed by atoms with Crippen LogP contribution in [0.15, 0.2) is 67.1 Å². The average Bonchev–Trinajstić information content (AvgIpc) is 3.50. The van der Waals surface area contributed by atoms with Crippen LogP contribution >= 0.6 is 0 Å². The van der Waals surface area contributed by atoms with Crippen molar-refractivity contribution < 1.29 is 13.9 Å². The van der Waals surface area contributed by atoms with Crippen molar-refractivity contribution in [3.8, 4) is 39.7 Å². The zero-order valence-electron chi connectivity index (χ0n) is 20.9. The van der Waals surface area contributed by atoms with Crippen molar-refractivity contribution in [2.24, 2.45) is 7.05 Å². The van der Waals surface area contributed by atoms with Crippen molar-refractivity contribution in [3.63, 3.8) is 0 Å². The monoisotopic (exact) mass is 498 g/mol. The summed E-state index contributed by atoms with van der Waals surface area (Å²) < 4.78 is 30.0. The number of methoxy groups -OCH3 is 2. The van der Waals surface area contributed by atoms with Crippen LogP contribution in [0.2, 0.25) is 0 Å². The van der Waals surface area contributed by atoms with Crippen LogP contribution in [0.4, 0.5) is 10.2 Å². The minimum Gasteiger partial charge on any atom is -0.494 e. The molecule has 2 aromatic carbocycles. The van der Waals surface area contributed by atoms with Gasteiger partial charge in [-0.1, -0.05) is 42.5 Å². The number of rotatable bonds is 7. The lowest BCUT2D eigenvalue weighted by Gasteiger charge is -2.35. The quantitative estimate of drug-likeness (QED) is 0.332. The van der Waals surface area contributed by atoms with Crippen molar-refractivity contribution in [1.82, 2.24) is 24.1 Å². The molecule has 1 aliphatic rings. The molecule has 0 bridgehead atoms. The van der Waals surface area contributed by atoms with Gasteiger partial charge in [0.05, 0.1) is 13.2 Å². The molecule has 0 saturated heterocycles. The summed E-state index contributed by atoms with van der Waals surface area (Å²) in [5.41, 5.74) is 3.66. The maximum atomic E-state index is 15.6. The Balaban J connectivity index is 1.63. The van der Waals surface area contributed by atoms with Crippen molar-refractivity contribution >= 4 is 11.3 Å². The van der Waals surface area contributed by atoms with Gasteiger partial charge in [-0.25, -0.2) is 18.9 Å². The van der Waals surface area contributed by atoms with Crippen LogP contribution in [0.5, 0.6) is 5.75 Å². The third-order valence-corrected chi connectivity index (χ3v) is 6.96. The number of hydrogen-bond acceptors (Lipinski definition) is 6. The topological polar surface area (TPSA) is 78.5 Å². The molecular weight excluding hydrogens is 471 g/mol. The zero-order valence-corrected chi connectivity index (χ0v) is 20.9. The molecule has 0 amide bonds. The van der Waals surface area contributed by atoms with E-state index >= 15 is 4.39 Å². The van der Waals surface area contributed by atoms with Crippen LogP contribution < -0.4 is 10.1 Å². The number of hydrogen-bond donors (Lipinski definition) is 1. The highest BCUT2D eigenvalue weighted by atomic mass is 19.1. The van der Waals surface area contributed by atoms with Gasteiger partial charge in [0.25, 0.3) is 0 Å². The van der Waals surface area contributed by atoms with E-state index in [0.29, 0.717) is 28.6 Å². The second-order valence-electron chi connectivity index (χ2n) is 9.21. The van der Waals surface area contributed by atoms with Gasteiger partial charge in [-0.05, 0) is 24.5 Å². The molecule has 1 saturated carbocycles. The third kappa shape index (κ3) is 4.01. The Kier molecular flexibility index (Phi) is 5.84. The first-order valence-electron chi connectivity index (χ1n) is 12.2. The van der Waals surface area contributed by atoms with E-state index in [-0.39, 0.29) is 17.9 Å². The van der Waals surface area contributed by atoms with Gasteiger partial charge in [-0.15, -0.1) is 5.10 Å². The van der Waals surface area contributed by atoms with Crippen LogP contribution in [0.3, 0.4) is 0 Å². The highest BCUT2D eigenvalue weighted by Gasteiger charge is 2.31. The number of halogens is 1. The lowest BCUT2D eigenvalue weighted by Crippen LogP contribution is -2.40. The molecule has 188 valence electrons. The SMILES string of the molecule is COc1cccc(-c2cn3nc(-c4nccn4C)nc(N[C@H]4C[C@H](OC)C4)c3c2-c2ccccc2)c1F. The van der Waals surface area contributed by atoms with Crippen LogP contribution in [-0.4, -0.2) is 50.5 Å². The lowest BCUT2D eigenvalue weighted by atomic mass is 9.89. The van der Waals surface area contributed by atoms with Crippen molar-refractivity contribution in [3.05, 3.63) is 72.9 Å². The molecule has 1 fully saturated rings. The lowest BCUT2D eigenvalue weighted by molar-refractivity contribution is 0.0328.